The minimum absolute atomic E-state index is 0.296. The second-order valence-electron chi connectivity index (χ2n) is 5.82. The lowest BCUT2D eigenvalue weighted by Crippen LogP contribution is -2.37. The van der Waals surface area contributed by atoms with Gasteiger partial charge in [0.25, 0.3) is 0 Å². The SMILES string of the molecule is CC(C)c1nc(N)cc(N(C)CC2CCCN2C)n1. The molecule has 19 heavy (non-hydrogen) atoms. The lowest BCUT2D eigenvalue weighted by molar-refractivity contribution is 0.314. The summed E-state index contributed by atoms with van der Waals surface area (Å²) in [5.74, 6) is 2.60. The van der Waals surface area contributed by atoms with E-state index in [9.17, 15) is 0 Å². The Labute approximate surface area is 115 Å². The zero-order valence-corrected chi connectivity index (χ0v) is 12.4. The Morgan fingerprint density at radius 3 is 2.79 bits per heavy atom. The number of anilines is 2. The first kappa shape index (κ1) is 14.1. The zero-order valence-electron chi connectivity index (χ0n) is 12.4. The van der Waals surface area contributed by atoms with Crippen molar-refractivity contribution in [1.82, 2.24) is 14.9 Å². The number of nitrogen functional groups attached to an aromatic ring is 1. The van der Waals surface area contributed by atoms with Crippen LogP contribution in [0, 0.1) is 0 Å². The van der Waals surface area contributed by atoms with Crippen LogP contribution >= 0.6 is 0 Å². The molecule has 2 rings (SSSR count). The third kappa shape index (κ3) is 3.35. The van der Waals surface area contributed by atoms with E-state index in [0.29, 0.717) is 17.8 Å². The van der Waals surface area contributed by atoms with Crippen LogP contribution in [0.3, 0.4) is 0 Å². The summed E-state index contributed by atoms with van der Waals surface area (Å²) in [6.45, 7) is 6.36. The van der Waals surface area contributed by atoms with Crippen LogP contribution < -0.4 is 10.6 Å². The van der Waals surface area contributed by atoms with Crippen LogP contribution in [0.2, 0.25) is 0 Å². The lowest BCUT2D eigenvalue weighted by atomic mass is 10.2. The van der Waals surface area contributed by atoms with Gasteiger partial charge in [0.2, 0.25) is 0 Å². The molecule has 2 N–H and O–H groups in total. The fourth-order valence-electron chi connectivity index (χ4n) is 2.54. The molecule has 1 aromatic heterocycles. The van der Waals surface area contributed by atoms with Crippen LogP contribution in [-0.2, 0) is 0 Å². The van der Waals surface area contributed by atoms with E-state index in [0.717, 1.165) is 18.2 Å². The summed E-state index contributed by atoms with van der Waals surface area (Å²) >= 11 is 0. The van der Waals surface area contributed by atoms with Crippen LogP contribution in [0.15, 0.2) is 6.07 Å². The monoisotopic (exact) mass is 263 g/mol. The van der Waals surface area contributed by atoms with Crippen molar-refractivity contribution in [2.45, 2.75) is 38.6 Å². The van der Waals surface area contributed by atoms with Crippen molar-refractivity contribution in [3.05, 3.63) is 11.9 Å². The van der Waals surface area contributed by atoms with Crippen molar-refractivity contribution < 1.29 is 0 Å². The molecule has 106 valence electrons. The Morgan fingerprint density at radius 1 is 1.47 bits per heavy atom. The number of nitrogens with two attached hydrogens (primary N) is 1. The summed E-state index contributed by atoms with van der Waals surface area (Å²) in [6.07, 6.45) is 2.55. The average molecular weight is 263 g/mol. The Hall–Kier alpha value is -1.36. The number of likely N-dealkylation sites (N-methyl/N-ethyl adjacent to an activating group) is 2. The third-order valence-corrected chi connectivity index (χ3v) is 3.81. The van der Waals surface area contributed by atoms with Gasteiger partial charge in [0.1, 0.15) is 17.5 Å². The molecule has 1 unspecified atom stereocenters. The number of aromatic nitrogens is 2. The first-order valence-corrected chi connectivity index (χ1v) is 7.03. The average Bonchev–Trinajstić information content (AvgIpc) is 2.74. The van der Waals surface area contributed by atoms with Crippen LogP contribution in [-0.4, -0.2) is 48.1 Å². The highest BCUT2D eigenvalue weighted by Crippen LogP contribution is 2.21. The van der Waals surface area contributed by atoms with E-state index in [4.69, 9.17) is 5.73 Å². The van der Waals surface area contributed by atoms with Gasteiger partial charge in [-0.2, -0.15) is 0 Å². The number of hydrogen-bond donors (Lipinski definition) is 1. The van der Waals surface area contributed by atoms with Gasteiger partial charge in [-0.15, -0.1) is 0 Å². The predicted octanol–water partition coefficient (Wildman–Crippen LogP) is 1.71. The highest BCUT2D eigenvalue weighted by molar-refractivity contribution is 5.46. The van der Waals surface area contributed by atoms with Crippen LogP contribution in [0.5, 0.6) is 0 Å². The van der Waals surface area contributed by atoms with Gasteiger partial charge in [0.05, 0.1) is 0 Å². The maximum absolute atomic E-state index is 5.88. The molecule has 1 aliphatic rings. The molecule has 1 saturated heterocycles. The fourth-order valence-corrected chi connectivity index (χ4v) is 2.54. The molecule has 0 bridgehead atoms. The third-order valence-electron chi connectivity index (χ3n) is 3.81. The summed E-state index contributed by atoms with van der Waals surface area (Å²) in [7, 11) is 4.28. The summed E-state index contributed by atoms with van der Waals surface area (Å²) in [4.78, 5) is 13.5. The van der Waals surface area contributed by atoms with E-state index >= 15 is 0 Å². The molecule has 0 amide bonds. The normalized spacial score (nSPS) is 20.2. The molecular formula is C14H25N5. The molecule has 1 aromatic rings. The molecule has 0 saturated carbocycles. The maximum atomic E-state index is 5.88. The minimum atomic E-state index is 0.296. The molecule has 2 heterocycles. The Bertz CT molecular complexity index is 432. The van der Waals surface area contributed by atoms with Gasteiger partial charge >= 0.3 is 0 Å². The number of nitrogens with zero attached hydrogens (tertiary/aromatic N) is 4. The molecule has 0 radical (unpaired) electrons. The van der Waals surface area contributed by atoms with Crippen LogP contribution in [0.1, 0.15) is 38.4 Å². The smallest absolute Gasteiger partial charge is 0.135 e. The molecular weight excluding hydrogens is 238 g/mol. The summed E-state index contributed by atoms with van der Waals surface area (Å²) in [5, 5.41) is 0. The standard InChI is InChI=1S/C14H25N5/c1-10(2)14-16-12(15)8-13(17-14)19(4)9-11-6-5-7-18(11)3/h8,10-11H,5-7,9H2,1-4H3,(H2,15,16,17). The molecule has 1 fully saturated rings. The first-order valence-electron chi connectivity index (χ1n) is 7.03. The largest absolute Gasteiger partial charge is 0.384 e. The summed E-state index contributed by atoms with van der Waals surface area (Å²) < 4.78 is 0. The van der Waals surface area contributed by atoms with Gasteiger partial charge in [0.15, 0.2) is 0 Å². The Morgan fingerprint density at radius 2 is 2.21 bits per heavy atom. The van der Waals surface area contributed by atoms with E-state index in [1.165, 1.54) is 19.4 Å². The highest BCUT2D eigenvalue weighted by atomic mass is 15.2. The van der Waals surface area contributed by atoms with Gasteiger partial charge in [-0.25, -0.2) is 9.97 Å². The van der Waals surface area contributed by atoms with Crippen molar-refractivity contribution >= 4 is 11.6 Å². The van der Waals surface area contributed by atoms with E-state index in [1.54, 1.807) is 0 Å². The number of rotatable bonds is 4. The van der Waals surface area contributed by atoms with Gasteiger partial charge in [-0.1, -0.05) is 13.8 Å². The number of hydrogen-bond acceptors (Lipinski definition) is 5. The molecule has 0 aliphatic carbocycles. The van der Waals surface area contributed by atoms with E-state index in [2.05, 4.69) is 47.7 Å². The lowest BCUT2D eigenvalue weighted by Gasteiger charge is -2.27. The molecule has 5 nitrogen and oxygen atoms in total. The molecule has 0 spiro atoms. The predicted molar refractivity (Wildman–Crippen MR) is 79.5 cm³/mol. The van der Waals surface area contributed by atoms with Crippen molar-refractivity contribution in [1.29, 1.82) is 0 Å². The quantitative estimate of drug-likeness (QED) is 0.896. The molecule has 5 heteroatoms. The van der Waals surface area contributed by atoms with Gasteiger partial charge in [-0.05, 0) is 26.4 Å². The minimum Gasteiger partial charge on any atom is -0.384 e. The Balaban J connectivity index is 2.11. The van der Waals surface area contributed by atoms with Crippen molar-refractivity contribution in [3.8, 4) is 0 Å². The second-order valence-corrected chi connectivity index (χ2v) is 5.82. The van der Waals surface area contributed by atoms with Gasteiger partial charge < -0.3 is 15.5 Å². The van der Waals surface area contributed by atoms with Crippen molar-refractivity contribution in [2.24, 2.45) is 0 Å². The van der Waals surface area contributed by atoms with E-state index in [-0.39, 0.29) is 0 Å². The van der Waals surface area contributed by atoms with E-state index in [1.807, 2.05) is 6.07 Å². The van der Waals surface area contributed by atoms with E-state index < -0.39 is 0 Å². The molecule has 1 aliphatic heterocycles. The highest BCUT2D eigenvalue weighted by Gasteiger charge is 2.23. The first-order chi connectivity index (χ1) is 8.97. The molecule has 0 aromatic carbocycles. The van der Waals surface area contributed by atoms with Crippen molar-refractivity contribution in [2.75, 3.05) is 37.8 Å². The number of likely N-dealkylation sites (tertiary alicyclic amines) is 1. The Kier molecular flexibility index (Phi) is 4.24. The summed E-state index contributed by atoms with van der Waals surface area (Å²) in [5.41, 5.74) is 5.88. The maximum Gasteiger partial charge on any atom is 0.135 e. The zero-order chi connectivity index (χ0) is 14.0. The van der Waals surface area contributed by atoms with Gasteiger partial charge in [-0.3, -0.25) is 0 Å². The topological polar surface area (TPSA) is 58.3 Å². The van der Waals surface area contributed by atoms with Crippen LogP contribution in [0.25, 0.3) is 0 Å². The van der Waals surface area contributed by atoms with Crippen molar-refractivity contribution in [3.63, 3.8) is 0 Å². The second kappa shape index (κ2) is 5.74. The fraction of sp³-hybridized carbons (Fsp3) is 0.714. The van der Waals surface area contributed by atoms with Gasteiger partial charge in [0, 0.05) is 31.6 Å². The molecule has 1 atom stereocenters. The van der Waals surface area contributed by atoms with Crippen LogP contribution in [0.4, 0.5) is 11.6 Å². The summed E-state index contributed by atoms with van der Waals surface area (Å²) in [6, 6.07) is 2.48.